The summed E-state index contributed by atoms with van der Waals surface area (Å²) in [5.41, 5.74) is 6.63. The minimum Gasteiger partial charge on any atom is -0.478 e. The number of carboxylic acid groups (broad SMARTS) is 1. The topological polar surface area (TPSA) is 48.7 Å². The van der Waals surface area contributed by atoms with Crippen molar-refractivity contribution in [1.29, 1.82) is 0 Å². The molecule has 6 heteroatoms. The Morgan fingerprint density at radius 1 is 1.00 bits per heavy atom. The van der Waals surface area contributed by atoms with Gasteiger partial charge >= 0.3 is 5.97 Å². The summed E-state index contributed by atoms with van der Waals surface area (Å²) in [6, 6.07) is 12.2. The average molecular weight is 548 g/mol. The Hall–Kier alpha value is -2.50. The van der Waals surface area contributed by atoms with Crippen molar-refractivity contribution in [3.63, 3.8) is 0 Å². The molecule has 1 unspecified atom stereocenters. The van der Waals surface area contributed by atoms with Gasteiger partial charge in [-0.15, -0.1) is 0 Å². The molecule has 208 valence electrons. The van der Waals surface area contributed by atoms with Crippen molar-refractivity contribution in [2.24, 2.45) is 5.92 Å². The molecule has 1 saturated carbocycles. The summed E-state index contributed by atoms with van der Waals surface area (Å²) in [6.07, 6.45) is 11.4. The normalized spacial score (nSPS) is 20.6. The summed E-state index contributed by atoms with van der Waals surface area (Å²) in [5, 5.41) is 11.8. The zero-order valence-electron chi connectivity index (χ0n) is 23.3. The lowest BCUT2D eigenvalue weighted by atomic mass is 9.81. The molecule has 2 fully saturated rings. The van der Waals surface area contributed by atoms with Crippen LogP contribution < -0.4 is 4.90 Å². The minimum atomic E-state index is -0.863. The van der Waals surface area contributed by atoms with Crippen LogP contribution in [0.3, 0.4) is 0 Å². The van der Waals surface area contributed by atoms with Gasteiger partial charge in [0.1, 0.15) is 0 Å². The van der Waals surface area contributed by atoms with Crippen LogP contribution in [0, 0.1) is 5.92 Å². The van der Waals surface area contributed by atoms with E-state index in [-0.39, 0.29) is 0 Å². The highest BCUT2D eigenvalue weighted by Gasteiger charge is 2.31. The van der Waals surface area contributed by atoms with E-state index in [0.29, 0.717) is 11.5 Å². The second-order valence-corrected chi connectivity index (χ2v) is 12.4. The van der Waals surface area contributed by atoms with Crippen LogP contribution in [-0.2, 0) is 6.54 Å². The van der Waals surface area contributed by atoms with Crippen LogP contribution >= 0.6 is 11.6 Å². The molecule has 1 aromatic heterocycles. The van der Waals surface area contributed by atoms with Crippen molar-refractivity contribution < 1.29 is 9.90 Å². The molecule has 3 aromatic rings. The van der Waals surface area contributed by atoms with Crippen molar-refractivity contribution in [2.75, 3.05) is 37.6 Å². The first-order valence-corrected chi connectivity index (χ1v) is 15.6. The van der Waals surface area contributed by atoms with Crippen LogP contribution in [0.1, 0.15) is 86.6 Å². The number of nitrogens with zero attached hydrogens (tertiary/aromatic N) is 3. The lowest BCUT2D eigenvalue weighted by Crippen LogP contribution is -2.35. The molecule has 0 amide bonds. The maximum Gasteiger partial charge on any atom is 0.335 e. The molecular weight excluding hydrogens is 506 g/mol. The standard InChI is InChI=1S/C33H42ClN3O2/c1-2-35-16-6-8-23(22-35)9-7-17-36-18-19-37-30-20-25(33(38)39)12-14-27(30)31(24-10-4-3-5-11-24)32(37)28-15-13-26(34)21-29(28)36/h12-15,20-21,23-24H,2-11,16-19,22H2,1H3,(H,38,39). The zero-order valence-corrected chi connectivity index (χ0v) is 24.1. The summed E-state index contributed by atoms with van der Waals surface area (Å²) in [6.45, 7) is 8.71. The van der Waals surface area contributed by atoms with Gasteiger partial charge in [0.25, 0.3) is 0 Å². The van der Waals surface area contributed by atoms with Crippen molar-refractivity contribution >= 4 is 34.2 Å². The van der Waals surface area contributed by atoms with Crippen LogP contribution in [0.5, 0.6) is 0 Å². The molecule has 2 aliphatic heterocycles. The quantitative estimate of drug-likeness (QED) is 0.325. The van der Waals surface area contributed by atoms with Gasteiger partial charge in [0.2, 0.25) is 0 Å². The van der Waals surface area contributed by atoms with Gasteiger partial charge in [-0.05, 0) is 99.3 Å². The summed E-state index contributed by atoms with van der Waals surface area (Å²) >= 11 is 6.63. The minimum absolute atomic E-state index is 0.365. The number of rotatable bonds is 7. The van der Waals surface area contributed by atoms with Crippen LogP contribution in [0.4, 0.5) is 5.69 Å². The molecule has 1 atom stereocenters. The molecule has 6 rings (SSSR count). The maximum absolute atomic E-state index is 11.9. The lowest BCUT2D eigenvalue weighted by molar-refractivity contribution is 0.0697. The fourth-order valence-corrected chi connectivity index (χ4v) is 7.79. The predicted molar refractivity (Wildman–Crippen MR) is 161 cm³/mol. The number of carboxylic acids is 1. The van der Waals surface area contributed by atoms with Gasteiger partial charge in [-0.25, -0.2) is 4.79 Å². The Morgan fingerprint density at radius 2 is 1.85 bits per heavy atom. The van der Waals surface area contributed by atoms with Crippen molar-refractivity contribution in [1.82, 2.24) is 9.47 Å². The Kier molecular flexibility index (Phi) is 7.91. The number of carbonyl (C=O) groups is 1. The van der Waals surface area contributed by atoms with E-state index in [1.54, 1.807) is 6.07 Å². The average Bonchev–Trinajstić information content (AvgIpc) is 3.20. The van der Waals surface area contributed by atoms with Gasteiger partial charge < -0.3 is 19.5 Å². The van der Waals surface area contributed by atoms with Gasteiger partial charge in [-0.2, -0.15) is 0 Å². The monoisotopic (exact) mass is 547 g/mol. The molecular formula is C33H42ClN3O2. The highest BCUT2D eigenvalue weighted by molar-refractivity contribution is 6.31. The first-order chi connectivity index (χ1) is 19.0. The fourth-order valence-electron chi connectivity index (χ4n) is 7.62. The molecule has 2 aromatic carbocycles. The fraction of sp³-hybridized carbons (Fsp3) is 0.545. The molecule has 3 heterocycles. The van der Waals surface area contributed by atoms with Crippen molar-refractivity contribution in [3.8, 4) is 11.3 Å². The van der Waals surface area contributed by atoms with E-state index in [1.165, 1.54) is 98.8 Å². The predicted octanol–water partition coefficient (Wildman–Crippen LogP) is 8.04. The van der Waals surface area contributed by atoms with E-state index in [1.807, 2.05) is 12.1 Å². The summed E-state index contributed by atoms with van der Waals surface area (Å²) in [7, 11) is 0. The number of halogens is 1. The second kappa shape index (κ2) is 11.5. The SMILES string of the molecule is CCN1CCCC(CCCN2CCn3c(c(C4CCCCC4)c4ccc(C(=O)O)cc43)-c3ccc(Cl)cc32)C1. The molecule has 3 aliphatic rings. The first kappa shape index (κ1) is 26.7. The van der Waals surface area contributed by atoms with E-state index < -0.39 is 5.97 Å². The Bertz CT molecular complexity index is 1340. The number of piperidine rings is 1. The highest BCUT2D eigenvalue weighted by atomic mass is 35.5. The van der Waals surface area contributed by atoms with E-state index in [2.05, 4.69) is 39.5 Å². The number of hydrogen-bond donors (Lipinski definition) is 1. The summed E-state index contributed by atoms with van der Waals surface area (Å²) < 4.78 is 2.43. The molecule has 0 bridgehead atoms. The maximum atomic E-state index is 11.9. The first-order valence-electron chi connectivity index (χ1n) is 15.2. The number of aromatic carboxylic acids is 1. The summed E-state index contributed by atoms with van der Waals surface area (Å²) in [4.78, 5) is 17.1. The lowest BCUT2D eigenvalue weighted by Gasteiger charge is -2.32. The Balaban J connectivity index is 1.38. The highest BCUT2D eigenvalue weighted by Crippen LogP contribution is 2.48. The molecule has 0 spiro atoms. The second-order valence-electron chi connectivity index (χ2n) is 12.0. The van der Waals surface area contributed by atoms with Crippen LogP contribution in [0.25, 0.3) is 22.2 Å². The molecule has 1 aliphatic carbocycles. The number of anilines is 1. The van der Waals surface area contributed by atoms with E-state index >= 15 is 0 Å². The van der Waals surface area contributed by atoms with Crippen LogP contribution in [0.15, 0.2) is 36.4 Å². The van der Waals surface area contributed by atoms with Gasteiger partial charge in [0.15, 0.2) is 0 Å². The number of likely N-dealkylation sites (tertiary alicyclic amines) is 1. The van der Waals surface area contributed by atoms with Gasteiger partial charge in [-0.1, -0.05) is 43.9 Å². The number of hydrogen-bond acceptors (Lipinski definition) is 3. The van der Waals surface area contributed by atoms with Gasteiger partial charge in [0, 0.05) is 53.4 Å². The number of aromatic nitrogens is 1. The smallest absolute Gasteiger partial charge is 0.335 e. The van der Waals surface area contributed by atoms with E-state index in [9.17, 15) is 9.90 Å². The third-order valence-electron chi connectivity index (χ3n) is 9.60. The largest absolute Gasteiger partial charge is 0.478 e. The summed E-state index contributed by atoms with van der Waals surface area (Å²) in [5.74, 6) is 0.448. The number of fused-ring (bicyclic) bond motifs is 5. The van der Waals surface area contributed by atoms with Crippen LogP contribution in [-0.4, -0.2) is 53.3 Å². The third-order valence-corrected chi connectivity index (χ3v) is 9.84. The molecule has 1 N–H and O–H groups in total. The molecule has 39 heavy (non-hydrogen) atoms. The van der Waals surface area contributed by atoms with Crippen molar-refractivity contribution in [3.05, 3.63) is 52.5 Å². The zero-order chi connectivity index (χ0) is 26.9. The molecule has 5 nitrogen and oxygen atoms in total. The number of benzene rings is 2. The van der Waals surface area contributed by atoms with E-state index in [4.69, 9.17) is 11.6 Å². The molecule has 1 saturated heterocycles. The van der Waals surface area contributed by atoms with E-state index in [0.717, 1.165) is 42.6 Å². The third kappa shape index (κ3) is 5.32. The Morgan fingerprint density at radius 3 is 2.64 bits per heavy atom. The van der Waals surface area contributed by atoms with Gasteiger partial charge in [0.05, 0.1) is 11.3 Å². The molecule has 0 radical (unpaired) electrons. The van der Waals surface area contributed by atoms with Crippen LogP contribution in [0.2, 0.25) is 5.02 Å². The Labute approximate surface area is 237 Å². The van der Waals surface area contributed by atoms with Crippen molar-refractivity contribution in [2.45, 2.75) is 77.2 Å². The van der Waals surface area contributed by atoms with Gasteiger partial charge in [-0.3, -0.25) is 0 Å².